The Morgan fingerprint density at radius 3 is 2.41 bits per heavy atom. The zero-order valence-electron chi connectivity index (χ0n) is 20.0. The summed E-state index contributed by atoms with van der Waals surface area (Å²) in [5, 5.41) is 14.6. The van der Waals surface area contributed by atoms with Gasteiger partial charge in [0.25, 0.3) is 0 Å². The third kappa shape index (κ3) is 8.70. The average Bonchev–Trinajstić information content (AvgIpc) is 2.79. The molecule has 1 aromatic carbocycles. The fourth-order valence-corrected chi connectivity index (χ4v) is 2.95. The maximum Gasteiger partial charge on any atom is 0.408 e. The Morgan fingerprint density at radius 2 is 1.88 bits per heavy atom. The van der Waals surface area contributed by atoms with Gasteiger partial charge in [0.15, 0.2) is 0 Å². The van der Waals surface area contributed by atoms with E-state index >= 15 is 0 Å². The molecule has 34 heavy (non-hydrogen) atoms. The molecule has 1 aromatic rings. The standard InChI is InChI=1S/C24H33N3O7/c1-7-12-27(22(31)18(15-28)26-23(32)34-24(3,4)5)20(21(30)25-14-19(29)33-6)17-11-9-10-16(8-2)13-17/h7-11,13,18,20,28H,1-2,12,14-15H2,3-6H3,(H,25,30)(H,26,32). The number of esters is 1. The summed E-state index contributed by atoms with van der Waals surface area (Å²) in [5.41, 5.74) is 0.291. The minimum atomic E-state index is -1.40. The number of aliphatic hydroxyl groups is 1. The first-order valence-corrected chi connectivity index (χ1v) is 10.6. The lowest BCUT2D eigenvalue weighted by Gasteiger charge is -2.33. The van der Waals surface area contributed by atoms with Crippen molar-refractivity contribution in [2.45, 2.75) is 38.5 Å². The van der Waals surface area contributed by atoms with Gasteiger partial charge in [-0.05, 0) is 38.0 Å². The third-order valence-electron chi connectivity index (χ3n) is 4.44. The minimum Gasteiger partial charge on any atom is -0.468 e. The van der Waals surface area contributed by atoms with Crippen molar-refractivity contribution in [3.8, 4) is 0 Å². The fraction of sp³-hybridized carbons (Fsp3) is 0.417. The molecule has 10 heteroatoms. The second-order valence-corrected chi connectivity index (χ2v) is 8.23. The van der Waals surface area contributed by atoms with Crippen LogP contribution in [-0.2, 0) is 23.9 Å². The summed E-state index contributed by atoms with van der Waals surface area (Å²) in [6, 6.07) is 4.13. The molecule has 1 rings (SSSR count). The van der Waals surface area contributed by atoms with Crippen LogP contribution in [0.4, 0.5) is 4.79 Å². The van der Waals surface area contributed by atoms with E-state index in [2.05, 4.69) is 28.5 Å². The lowest BCUT2D eigenvalue weighted by molar-refractivity contribution is -0.144. The average molecular weight is 476 g/mol. The summed E-state index contributed by atoms with van der Waals surface area (Å²) in [6.45, 7) is 11.1. The van der Waals surface area contributed by atoms with Crippen LogP contribution in [0.25, 0.3) is 6.08 Å². The Bertz CT molecular complexity index is 908. The number of rotatable bonds is 11. The Balaban J connectivity index is 3.37. The molecular weight excluding hydrogens is 442 g/mol. The van der Waals surface area contributed by atoms with Crippen LogP contribution in [0, 0.1) is 0 Å². The highest BCUT2D eigenvalue weighted by Crippen LogP contribution is 2.24. The van der Waals surface area contributed by atoms with Crippen molar-refractivity contribution < 1.29 is 33.8 Å². The molecule has 0 aromatic heterocycles. The van der Waals surface area contributed by atoms with Crippen molar-refractivity contribution in [1.29, 1.82) is 0 Å². The first kappa shape index (κ1) is 28.4. The molecule has 0 fully saturated rings. The summed E-state index contributed by atoms with van der Waals surface area (Å²) in [5.74, 6) is -2.10. The number of carbonyl (C=O) groups excluding carboxylic acids is 4. The van der Waals surface area contributed by atoms with Gasteiger partial charge in [-0.25, -0.2) is 4.79 Å². The van der Waals surface area contributed by atoms with Gasteiger partial charge in [0.2, 0.25) is 11.8 Å². The number of benzene rings is 1. The molecule has 0 aliphatic rings. The highest BCUT2D eigenvalue weighted by atomic mass is 16.6. The summed E-state index contributed by atoms with van der Waals surface area (Å²) in [4.78, 5) is 51.4. The molecule has 0 saturated heterocycles. The Morgan fingerprint density at radius 1 is 1.21 bits per heavy atom. The van der Waals surface area contributed by atoms with Gasteiger partial charge in [-0.1, -0.05) is 36.9 Å². The zero-order valence-corrected chi connectivity index (χ0v) is 20.0. The zero-order chi connectivity index (χ0) is 25.9. The molecule has 10 nitrogen and oxygen atoms in total. The molecule has 0 aliphatic carbocycles. The Hall–Kier alpha value is -3.66. The smallest absolute Gasteiger partial charge is 0.408 e. The quantitative estimate of drug-likeness (QED) is 0.327. The maximum absolute atomic E-state index is 13.4. The van der Waals surface area contributed by atoms with Crippen molar-refractivity contribution in [2.75, 3.05) is 26.8 Å². The van der Waals surface area contributed by atoms with E-state index in [4.69, 9.17) is 4.74 Å². The molecule has 0 aliphatic heterocycles. The first-order chi connectivity index (χ1) is 16.0. The summed E-state index contributed by atoms with van der Waals surface area (Å²) in [6.07, 6.45) is 2.07. The molecule has 0 spiro atoms. The molecular formula is C24H33N3O7. The molecule has 186 valence electrons. The third-order valence-corrected chi connectivity index (χ3v) is 4.44. The number of amides is 3. The van der Waals surface area contributed by atoms with Crippen molar-refractivity contribution in [2.24, 2.45) is 0 Å². The van der Waals surface area contributed by atoms with Crippen molar-refractivity contribution in [3.05, 3.63) is 54.6 Å². The van der Waals surface area contributed by atoms with Gasteiger partial charge < -0.3 is 30.1 Å². The Labute approximate surface area is 199 Å². The highest BCUT2D eigenvalue weighted by Gasteiger charge is 2.35. The number of methoxy groups -OCH3 is 1. The van der Waals surface area contributed by atoms with E-state index in [1.54, 1.807) is 51.1 Å². The van der Waals surface area contributed by atoms with Gasteiger partial charge in [-0.15, -0.1) is 6.58 Å². The number of hydrogen-bond donors (Lipinski definition) is 3. The summed E-state index contributed by atoms with van der Waals surface area (Å²) < 4.78 is 9.73. The van der Waals surface area contributed by atoms with Crippen LogP contribution in [0.15, 0.2) is 43.5 Å². The largest absolute Gasteiger partial charge is 0.468 e. The monoisotopic (exact) mass is 475 g/mol. The predicted molar refractivity (Wildman–Crippen MR) is 126 cm³/mol. The predicted octanol–water partition coefficient (Wildman–Crippen LogP) is 1.56. The molecule has 0 saturated carbocycles. The second kappa shape index (κ2) is 13.1. The van der Waals surface area contributed by atoms with Gasteiger partial charge in [0, 0.05) is 6.54 Å². The van der Waals surface area contributed by atoms with Crippen LogP contribution in [0.3, 0.4) is 0 Å². The van der Waals surface area contributed by atoms with Gasteiger partial charge in [-0.3, -0.25) is 14.4 Å². The van der Waals surface area contributed by atoms with Crippen molar-refractivity contribution in [3.63, 3.8) is 0 Å². The number of aliphatic hydroxyl groups excluding tert-OH is 1. The first-order valence-electron chi connectivity index (χ1n) is 10.6. The lowest BCUT2D eigenvalue weighted by atomic mass is 10.0. The minimum absolute atomic E-state index is 0.0973. The van der Waals surface area contributed by atoms with Crippen molar-refractivity contribution in [1.82, 2.24) is 15.5 Å². The maximum atomic E-state index is 13.4. The molecule has 2 atom stereocenters. The number of nitrogens with zero attached hydrogens (tertiary/aromatic N) is 1. The van der Waals surface area contributed by atoms with E-state index in [0.717, 1.165) is 4.90 Å². The number of carbonyl (C=O) groups is 4. The van der Waals surface area contributed by atoms with Gasteiger partial charge in [0.05, 0.1) is 13.7 Å². The lowest BCUT2D eigenvalue weighted by Crippen LogP contribution is -2.54. The SMILES string of the molecule is C=CCN(C(=O)C(CO)NC(=O)OC(C)(C)C)C(C(=O)NCC(=O)OC)c1cccc(C=C)c1. The van der Waals surface area contributed by atoms with Crippen LogP contribution in [0.5, 0.6) is 0 Å². The molecule has 0 heterocycles. The van der Waals surface area contributed by atoms with E-state index < -0.39 is 54.7 Å². The molecule has 3 N–H and O–H groups in total. The topological polar surface area (TPSA) is 134 Å². The highest BCUT2D eigenvalue weighted by molar-refractivity contribution is 5.93. The van der Waals surface area contributed by atoms with E-state index in [9.17, 15) is 24.3 Å². The number of nitrogens with one attached hydrogen (secondary N) is 2. The van der Waals surface area contributed by atoms with E-state index in [0.29, 0.717) is 11.1 Å². The molecule has 2 unspecified atom stereocenters. The summed E-state index contributed by atoms with van der Waals surface area (Å²) in [7, 11) is 1.18. The Kier molecular flexibility index (Phi) is 11.0. The van der Waals surface area contributed by atoms with Crippen LogP contribution >= 0.6 is 0 Å². The van der Waals surface area contributed by atoms with Crippen LogP contribution < -0.4 is 10.6 Å². The van der Waals surface area contributed by atoms with E-state index in [1.165, 1.54) is 13.2 Å². The van der Waals surface area contributed by atoms with Crippen LogP contribution in [0.2, 0.25) is 0 Å². The normalized spacial score (nSPS) is 12.5. The number of alkyl carbamates (subject to hydrolysis) is 1. The summed E-state index contributed by atoms with van der Waals surface area (Å²) >= 11 is 0. The molecule has 0 bridgehead atoms. The molecule has 0 radical (unpaired) electrons. The van der Waals surface area contributed by atoms with Gasteiger partial charge >= 0.3 is 12.1 Å². The number of hydrogen-bond acceptors (Lipinski definition) is 7. The van der Waals surface area contributed by atoms with Crippen LogP contribution in [0.1, 0.15) is 37.9 Å². The van der Waals surface area contributed by atoms with Crippen molar-refractivity contribution >= 4 is 30.0 Å². The van der Waals surface area contributed by atoms with Crippen LogP contribution in [-0.4, -0.2) is 72.3 Å². The molecule has 3 amide bonds. The van der Waals surface area contributed by atoms with E-state index in [1.807, 2.05) is 0 Å². The second-order valence-electron chi connectivity index (χ2n) is 8.23. The van der Waals surface area contributed by atoms with Gasteiger partial charge in [-0.2, -0.15) is 0 Å². The van der Waals surface area contributed by atoms with E-state index in [-0.39, 0.29) is 6.54 Å². The van der Waals surface area contributed by atoms with Gasteiger partial charge in [0.1, 0.15) is 24.2 Å². The number of ether oxygens (including phenoxy) is 2. The fourth-order valence-electron chi connectivity index (χ4n) is 2.95.